The summed E-state index contributed by atoms with van der Waals surface area (Å²) >= 11 is 1.61. The highest BCUT2D eigenvalue weighted by Gasteiger charge is 2.15. The van der Waals surface area contributed by atoms with Crippen LogP contribution in [0.25, 0.3) is 0 Å². The maximum atomic E-state index is 11.9. The van der Waals surface area contributed by atoms with E-state index in [0.29, 0.717) is 17.8 Å². The van der Waals surface area contributed by atoms with E-state index in [1.165, 1.54) is 0 Å². The van der Waals surface area contributed by atoms with Gasteiger partial charge in [0.15, 0.2) is 0 Å². The van der Waals surface area contributed by atoms with Crippen molar-refractivity contribution in [3.05, 3.63) is 24.3 Å². The van der Waals surface area contributed by atoms with E-state index in [1.54, 1.807) is 36.0 Å². The molecule has 0 unspecified atom stereocenters. The summed E-state index contributed by atoms with van der Waals surface area (Å²) in [6.07, 6.45) is 3.56. The molecule has 0 bridgehead atoms. The van der Waals surface area contributed by atoms with Gasteiger partial charge in [0.1, 0.15) is 0 Å². The lowest BCUT2D eigenvalue weighted by Gasteiger charge is -2.15. The Morgan fingerprint density at radius 2 is 1.95 bits per heavy atom. The van der Waals surface area contributed by atoms with Gasteiger partial charge in [0.05, 0.1) is 23.7 Å². The van der Waals surface area contributed by atoms with Gasteiger partial charge in [0.2, 0.25) is 15.9 Å². The fourth-order valence-electron chi connectivity index (χ4n) is 1.48. The number of thioether (sulfide) groups is 1. The standard InChI is InChI=1S/C12H19N3O3S2/c1-19-8-7-9(13)12(16)14-10-5-3-4-6-11(10)15-20(2,17)18/h3-6,9,15H,7-8,13H2,1-2H3,(H,14,16)/t9-/m1/s1. The van der Waals surface area contributed by atoms with Gasteiger partial charge < -0.3 is 11.1 Å². The third-order valence-corrected chi connectivity index (χ3v) is 3.68. The number of carbonyl (C=O) groups is 1. The molecule has 0 aliphatic heterocycles. The second-order valence-electron chi connectivity index (χ2n) is 4.30. The van der Waals surface area contributed by atoms with Gasteiger partial charge in [-0.05, 0) is 30.6 Å². The number of sulfonamides is 1. The molecule has 112 valence electrons. The zero-order valence-corrected chi connectivity index (χ0v) is 13.1. The van der Waals surface area contributed by atoms with Crippen LogP contribution in [-0.4, -0.2) is 38.6 Å². The molecule has 0 aliphatic rings. The van der Waals surface area contributed by atoms with Gasteiger partial charge in [-0.15, -0.1) is 0 Å². The van der Waals surface area contributed by atoms with Crippen molar-refractivity contribution >= 4 is 39.1 Å². The Balaban J connectivity index is 2.79. The SMILES string of the molecule is CSCC[C@@H](N)C(=O)Nc1ccccc1NS(C)(=O)=O. The van der Waals surface area contributed by atoms with Gasteiger partial charge in [-0.25, -0.2) is 8.42 Å². The van der Waals surface area contributed by atoms with Crippen molar-refractivity contribution in [1.29, 1.82) is 0 Å². The van der Waals surface area contributed by atoms with Crippen LogP contribution in [0, 0.1) is 0 Å². The first-order valence-electron chi connectivity index (χ1n) is 5.95. The average Bonchev–Trinajstić information content (AvgIpc) is 2.36. The van der Waals surface area contributed by atoms with Crippen molar-refractivity contribution in [3.8, 4) is 0 Å². The molecule has 0 radical (unpaired) electrons. The predicted molar refractivity (Wildman–Crippen MR) is 84.5 cm³/mol. The maximum absolute atomic E-state index is 11.9. The number of carbonyl (C=O) groups excluding carboxylic acids is 1. The van der Waals surface area contributed by atoms with Crippen LogP contribution >= 0.6 is 11.8 Å². The lowest BCUT2D eigenvalue weighted by Crippen LogP contribution is -2.36. The van der Waals surface area contributed by atoms with Crippen LogP contribution in [0.15, 0.2) is 24.3 Å². The first-order chi connectivity index (χ1) is 9.33. The van der Waals surface area contributed by atoms with Gasteiger partial charge in [0.25, 0.3) is 0 Å². The van der Waals surface area contributed by atoms with Crippen LogP contribution in [0.5, 0.6) is 0 Å². The fraction of sp³-hybridized carbons (Fsp3) is 0.417. The van der Waals surface area contributed by atoms with Crippen molar-refractivity contribution in [2.45, 2.75) is 12.5 Å². The van der Waals surface area contributed by atoms with Gasteiger partial charge in [-0.3, -0.25) is 9.52 Å². The molecule has 1 rings (SSSR count). The summed E-state index contributed by atoms with van der Waals surface area (Å²) in [6.45, 7) is 0. The molecule has 1 aromatic rings. The monoisotopic (exact) mass is 317 g/mol. The van der Waals surface area contributed by atoms with Gasteiger partial charge in [0, 0.05) is 0 Å². The second-order valence-corrected chi connectivity index (χ2v) is 7.03. The minimum absolute atomic E-state index is 0.320. The van der Waals surface area contributed by atoms with Crippen LogP contribution in [0.2, 0.25) is 0 Å². The van der Waals surface area contributed by atoms with E-state index in [-0.39, 0.29) is 5.91 Å². The highest BCUT2D eigenvalue weighted by molar-refractivity contribution is 7.98. The lowest BCUT2D eigenvalue weighted by atomic mass is 10.2. The number of amides is 1. The molecular formula is C12H19N3O3S2. The Hall–Kier alpha value is -1.25. The van der Waals surface area contributed by atoms with E-state index in [0.717, 1.165) is 12.0 Å². The topological polar surface area (TPSA) is 101 Å². The Labute approximate surface area is 123 Å². The van der Waals surface area contributed by atoms with Gasteiger partial charge in [-0.1, -0.05) is 12.1 Å². The maximum Gasteiger partial charge on any atom is 0.241 e. The van der Waals surface area contributed by atoms with Crippen LogP contribution < -0.4 is 15.8 Å². The molecule has 0 aromatic heterocycles. The molecule has 1 aromatic carbocycles. The Bertz CT molecular complexity index is 561. The van der Waals surface area contributed by atoms with Crippen molar-refractivity contribution in [1.82, 2.24) is 0 Å². The van der Waals surface area contributed by atoms with Gasteiger partial charge >= 0.3 is 0 Å². The fourth-order valence-corrected chi connectivity index (χ4v) is 2.55. The smallest absolute Gasteiger partial charge is 0.241 e. The molecule has 4 N–H and O–H groups in total. The third kappa shape index (κ3) is 5.81. The van der Waals surface area contributed by atoms with E-state index in [1.807, 2.05) is 6.26 Å². The number of nitrogens with two attached hydrogens (primary N) is 1. The van der Waals surface area contributed by atoms with E-state index in [9.17, 15) is 13.2 Å². The third-order valence-electron chi connectivity index (χ3n) is 2.45. The molecule has 0 spiro atoms. The number of rotatable bonds is 7. The summed E-state index contributed by atoms with van der Waals surface area (Å²) in [5, 5.41) is 2.64. The highest BCUT2D eigenvalue weighted by Crippen LogP contribution is 2.22. The number of nitrogens with one attached hydrogen (secondary N) is 2. The van der Waals surface area contributed by atoms with Crippen molar-refractivity contribution in [2.24, 2.45) is 5.73 Å². The molecule has 0 fully saturated rings. The van der Waals surface area contributed by atoms with Crippen molar-refractivity contribution < 1.29 is 13.2 Å². The van der Waals surface area contributed by atoms with Crippen LogP contribution in [0.4, 0.5) is 11.4 Å². The first kappa shape index (κ1) is 16.8. The predicted octanol–water partition coefficient (Wildman–Crippen LogP) is 1.08. The number of hydrogen-bond acceptors (Lipinski definition) is 5. The van der Waals surface area contributed by atoms with E-state index in [2.05, 4.69) is 10.0 Å². The summed E-state index contributed by atoms with van der Waals surface area (Å²) in [6, 6.07) is 5.96. The number of hydrogen-bond donors (Lipinski definition) is 3. The zero-order chi connectivity index (χ0) is 15.2. The molecule has 0 saturated carbocycles. The van der Waals surface area contributed by atoms with Crippen LogP contribution in [0.1, 0.15) is 6.42 Å². The minimum Gasteiger partial charge on any atom is -0.323 e. The Morgan fingerprint density at radius 3 is 2.50 bits per heavy atom. The molecule has 1 atom stereocenters. The Morgan fingerprint density at radius 1 is 1.35 bits per heavy atom. The quantitative estimate of drug-likeness (QED) is 0.698. The lowest BCUT2D eigenvalue weighted by molar-refractivity contribution is -0.117. The molecule has 8 heteroatoms. The minimum atomic E-state index is -3.41. The summed E-state index contributed by atoms with van der Waals surface area (Å²) in [5.74, 6) is 0.458. The molecular weight excluding hydrogens is 298 g/mol. The number of benzene rings is 1. The molecule has 0 saturated heterocycles. The molecule has 20 heavy (non-hydrogen) atoms. The summed E-state index contributed by atoms with van der Waals surface area (Å²) in [7, 11) is -3.41. The molecule has 0 aliphatic carbocycles. The normalized spacial score (nSPS) is 12.8. The Kier molecular flexibility index (Phi) is 6.31. The zero-order valence-electron chi connectivity index (χ0n) is 11.4. The van der Waals surface area contributed by atoms with Crippen LogP contribution in [0.3, 0.4) is 0 Å². The average molecular weight is 317 g/mol. The van der Waals surface area contributed by atoms with Crippen LogP contribution in [-0.2, 0) is 14.8 Å². The first-order valence-corrected chi connectivity index (χ1v) is 9.24. The summed E-state index contributed by atoms with van der Waals surface area (Å²) in [4.78, 5) is 11.9. The largest absolute Gasteiger partial charge is 0.323 e. The number of para-hydroxylation sites is 2. The molecule has 1 amide bonds. The van der Waals surface area contributed by atoms with Crippen molar-refractivity contribution in [2.75, 3.05) is 28.3 Å². The van der Waals surface area contributed by atoms with E-state index < -0.39 is 16.1 Å². The molecule has 0 heterocycles. The van der Waals surface area contributed by atoms with Crippen molar-refractivity contribution in [3.63, 3.8) is 0 Å². The number of anilines is 2. The van der Waals surface area contributed by atoms with E-state index >= 15 is 0 Å². The molecule has 6 nitrogen and oxygen atoms in total. The van der Waals surface area contributed by atoms with Gasteiger partial charge in [-0.2, -0.15) is 11.8 Å². The summed E-state index contributed by atoms with van der Waals surface area (Å²) < 4.78 is 24.9. The van der Waals surface area contributed by atoms with E-state index in [4.69, 9.17) is 5.73 Å². The second kappa shape index (κ2) is 7.51. The summed E-state index contributed by atoms with van der Waals surface area (Å²) in [5.41, 5.74) is 6.48. The highest BCUT2D eigenvalue weighted by atomic mass is 32.2.